The van der Waals surface area contributed by atoms with Gasteiger partial charge in [-0.2, -0.15) is 0 Å². The van der Waals surface area contributed by atoms with Crippen LogP contribution in [0.3, 0.4) is 0 Å². The van der Waals surface area contributed by atoms with E-state index in [1.165, 1.54) is 6.42 Å². The number of hydrogen-bond acceptors (Lipinski definition) is 5. The number of amides is 4. The molecule has 0 aromatic carbocycles. The molecule has 2 fully saturated rings. The van der Waals surface area contributed by atoms with Crippen LogP contribution in [0.25, 0.3) is 0 Å². The summed E-state index contributed by atoms with van der Waals surface area (Å²) in [5.74, 6) is -1.51. The van der Waals surface area contributed by atoms with Gasteiger partial charge in [-0.25, -0.2) is 4.79 Å². The van der Waals surface area contributed by atoms with Gasteiger partial charge in [0.15, 0.2) is 6.61 Å². The Kier molecular flexibility index (Phi) is 7.62. The van der Waals surface area contributed by atoms with Crippen LogP contribution in [0.1, 0.15) is 71.6 Å². The van der Waals surface area contributed by atoms with Gasteiger partial charge >= 0.3 is 12.0 Å². The van der Waals surface area contributed by atoms with Crippen molar-refractivity contribution >= 4 is 23.8 Å². The molecule has 4 amide bonds. The second kappa shape index (κ2) is 9.71. The quantitative estimate of drug-likeness (QED) is 0.341. The molecule has 0 bridgehead atoms. The number of carbonyl (C=O) groups is 4. The highest BCUT2D eigenvalue weighted by Gasteiger charge is 2.52. The Morgan fingerprint density at radius 2 is 1.93 bits per heavy atom. The first-order valence-electron chi connectivity index (χ1n) is 9.97. The molecule has 1 spiro atoms. The summed E-state index contributed by atoms with van der Waals surface area (Å²) in [7, 11) is 0. The smallest absolute Gasteiger partial charge is 0.326 e. The standard InChI is InChI=1S/C19H31N3O5/c1-3-4-5-6-9-14(2)20-15(23)13-27-16(24)12-22-17(25)19(21-18(22)26)10-7-8-11-19/h14H,3-13H2,1-2H3,(H,20,23)(H,21,26)/t14-/m1/s1. The molecule has 1 saturated carbocycles. The van der Waals surface area contributed by atoms with E-state index in [0.717, 1.165) is 43.4 Å². The molecule has 27 heavy (non-hydrogen) atoms. The van der Waals surface area contributed by atoms with Crippen LogP contribution in [0.4, 0.5) is 4.79 Å². The molecule has 2 rings (SSSR count). The minimum absolute atomic E-state index is 0.0150. The van der Waals surface area contributed by atoms with Gasteiger partial charge in [0.25, 0.3) is 11.8 Å². The molecule has 1 aliphatic heterocycles. The maximum atomic E-state index is 12.5. The van der Waals surface area contributed by atoms with Crippen LogP contribution in [0, 0.1) is 0 Å². The lowest BCUT2D eigenvalue weighted by molar-refractivity contribution is -0.151. The highest BCUT2D eigenvalue weighted by molar-refractivity contribution is 6.08. The molecular weight excluding hydrogens is 350 g/mol. The van der Waals surface area contributed by atoms with Crippen LogP contribution < -0.4 is 10.6 Å². The van der Waals surface area contributed by atoms with Crippen LogP contribution >= 0.6 is 0 Å². The second-order valence-electron chi connectivity index (χ2n) is 7.59. The molecule has 152 valence electrons. The van der Waals surface area contributed by atoms with Gasteiger partial charge in [0.1, 0.15) is 12.1 Å². The zero-order valence-corrected chi connectivity index (χ0v) is 16.3. The molecule has 2 N–H and O–H groups in total. The van der Waals surface area contributed by atoms with E-state index in [2.05, 4.69) is 17.6 Å². The number of imide groups is 1. The molecule has 0 radical (unpaired) electrons. The summed E-state index contributed by atoms with van der Waals surface area (Å²) in [6.07, 6.45) is 8.36. The number of rotatable bonds is 10. The minimum Gasteiger partial charge on any atom is -0.454 e. The van der Waals surface area contributed by atoms with E-state index in [4.69, 9.17) is 4.74 Å². The first kappa shape index (κ1) is 21.2. The lowest BCUT2D eigenvalue weighted by Gasteiger charge is -2.19. The number of nitrogens with zero attached hydrogens (tertiary/aromatic N) is 1. The Balaban J connectivity index is 1.69. The molecule has 0 aromatic heterocycles. The van der Waals surface area contributed by atoms with Crippen molar-refractivity contribution in [2.45, 2.75) is 83.2 Å². The highest BCUT2D eigenvalue weighted by atomic mass is 16.5. The molecule has 0 unspecified atom stereocenters. The van der Waals surface area contributed by atoms with Gasteiger partial charge in [0, 0.05) is 6.04 Å². The number of esters is 1. The normalized spacial score (nSPS) is 19.3. The molecular formula is C19H31N3O5. The van der Waals surface area contributed by atoms with Gasteiger partial charge in [-0.05, 0) is 26.2 Å². The van der Waals surface area contributed by atoms with Gasteiger partial charge in [-0.3, -0.25) is 19.3 Å². The number of hydrogen-bond donors (Lipinski definition) is 2. The third-order valence-corrected chi connectivity index (χ3v) is 5.25. The summed E-state index contributed by atoms with van der Waals surface area (Å²) in [5, 5.41) is 5.49. The minimum atomic E-state index is -0.845. The van der Waals surface area contributed by atoms with Crippen LogP contribution in [-0.2, 0) is 19.1 Å². The van der Waals surface area contributed by atoms with Crippen molar-refractivity contribution in [3.05, 3.63) is 0 Å². The Morgan fingerprint density at radius 3 is 2.59 bits per heavy atom. The summed E-state index contributed by atoms with van der Waals surface area (Å²) < 4.78 is 4.93. The number of unbranched alkanes of at least 4 members (excludes halogenated alkanes) is 3. The largest absolute Gasteiger partial charge is 0.454 e. The topological polar surface area (TPSA) is 105 Å². The van der Waals surface area contributed by atoms with E-state index in [1.54, 1.807) is 0 Å². The first-order chi connectivity index (χ1) is 12.9. The van der Waals surface area contributed by atoms with Gasteiger partial charge in [0.2, 0.25) is 0 Å². The van der Waals surface area contributed by atoms with Gasteiger partial charge in [0.05, 0.1) is 0 Å². The molecule has 1 atom stereocenters. The Hall–Kier alpha value is -2.12. The molecule has 8 nitrogen and oxygen atoms in total. The third-order valence-electron chi connectivity index (χ3n) is 5.25. The zero-order valence-electron chi connectivity index (χ0n) is 16.3. The van der Waals surface area contributed by atoms with Gasteiger partial charge < -0.3 is 15.4 Å². The van der Waals surface area contributed by atoms with Gasteiger partial charge in [-0.15, -0.1) is 0 Å². The summed E-state index contributed by atoms with van der Waals surface area (Å²) in [4.78, 5) is 49.2. The lowest BCUT2D eigenvalue weighted by Crippen LogP contribution is -2.44. The van der Waals surface area contributed by atoms with E-state index in [1.807, 2.05) is 6.92 Å². The predicted octanol–water partition coefficient (Wildman–Crippen LogP) is 1.87. The molecule has 0 aromatic rings. The van der Waals surface area contributed by atoms with Crippen molar-refractivity contribution in [3.8, 4) is 0 Å². The van der Waals surface area contributed by atoms with Crippen molar-refractivity contribution in [1.29, 1.82) is 0 Å². The summed E-state index contributed by atoms with van der Waals surface area (Å²) >= 11 is 0. The van der Waals surface area contributed by atoms with Crippen LogP contribution in [0.5, 0.6) is 0 Å². The lowest BCUT2D eigenvalue weighted by atomic mass is 9.98. The van der Waals surface area contributed by atoms with Crippen molar-refractivity contribution < 1.29 is 23.9 Å². The maximum absolute atomic E-state index is 12.5. The number of carbonyl (C=O) groups excluding carboxylic acids is 4. The molecule has 1 saturated heterocycles. The number of urea groups is 1. The average Bonchev–Trinajstić information content (AvgIpc) is 3.18. The van der Waals surface area contributed by atoms with E-state index in [-0.39, 0.29) is 17.9 Å². The average molecular weight is 381 g/mol. The summed E-state index contributed by atoms with van der Waals surface area (Å²) in [6.45, 7) is 3.19. The maximum Gasteiger partial charge on any atom is 0.326 e. The number of nitrogens with one attached hydrogen (secondary N) is 2. The zero-order chi connectivity index (χ0) is 19.9. The van der Waals surface area contributed by atoms with E-state index in [0.29, 0.717) is 12.8 Å². The van der Waals surface area contributed by atoms with Crippen LogP contribution in [-0.4, -0.2) is 53.4 Å². The van der Waals surface area contributed by atoms with Crippen LogP contribution in [0.2, 0.25) is 0 Å². The van der Waals surface area contributed by atoms with E-state index in [9.17, 15) is 19.2 Å². The molecule has 1 aliphatic carbocycles. The fourth-order valence-electron chi connectivity index (χ4n) is 3.72. The van der Waals surface area contributed by atoms with E-state index < -0.39 is 30.7 Å². The predicted molar refractivity (Wildman–Crippen MR) is 98.8 cm³/mol. The SMILES string of the molecule is CCCCCC[C@@H](C)NC(=O)COC(=O)CN1C(=O)NC2(CCCC2)C1=O. The van der Waals surface area contributed by atoms with Crippen molar-refractivity contribution in [2.75, 3.05) is 13.2 Å². The second-order valence-corrected chi connectivity index (χ2v) is 7.59. The highest BCUT2D eigenvalue weighted by Crippen LogP contribution is 2.34. The van der Waals surface area contributed by atoms with Crippen molar-refractivity contribution in [1.82, 2.24) is 15.5 Å². The molecule has 2 aliphatic rings. The first-order valence-corrected chi connectivity index (χ1v) is 9.97. The third kappa shape index (κ3) is 5.68. The summed E-state index contributed by atoms with van der Waals surface area (Å²) in [6, 6.07) is -0.551. The number of ether oxygens (including phenoxy) is 1. The Morgan fingerprint density at radius 1 is 1.22 bits per heavy atom. The van der Waals surface area contributed by atoms with E-state index >= 15 is 0 Å². The fraction of sp³-hybridized carbons (Fsp3) is 0.789. The summed E-state index contributed by atoms with van der Waals surface area (Å²) in [5.41, 5.74) is -0.845. The Labute approximate surface area is 160 Å². The van der Waals surface area contributed by atoms with Crippen LogP contribution in [0.15, 0.2) is 0 Å². The Bertz CT molecular complexity index is 572. The van der Waals surface area contributed by atoms with Crippen molar-refractivity contribution in [2.24, 2.45) is 0 Å². The van der Waals surface area contributed by atoms with Gasteiger partial charge in [-0.1, -0.05) is 45.4 Å². The van der Waals surface area contributed by atoms with Crippen molar-refractivity contribution in [3.63, 3.8) is 0 Å². The monoisotopic (exact) mass is 381 g/mol. The molecule has 8 heteroatoms. The fourth-order valence-corrected chi connectivity index (χ4v) is 3.72. The molecule has 1 heterocycles.